The van der Waals surface area contributed by atoms with Crippen molar-refractivity contribution >= 4 is 39.1 Å². The largest absolute Gasteiger partial charge is 0.481 e. The van der Waals surface area contributed by atoms with Crippen molar-refractivity contribution in [1.82, 2.24) is 4.98 Å². The van der Waals surface area contributed by atoms with Crippen molar-refractivity contribution in [3.63, 3.8) is 0 Å². The van der Waals surface area contributed by atoms with Gasteiger partial charge in [0.1, 0.15) is 10.9 Å². The SMILES string of the molecule is Cc1ccc2nc(-c3ccc(NC(=O)[C@H]4[C@@H](C(=O)O)[C@H]5C=C[C@@H]4O5)cc3)sc2c1. The van der Waals surface area contributed by atoms with Gasteiger partial charge in [-0.25, -0.2) is 4.98 Å². The molecule has 5 rings (SSSR count). The van der Waals surface area contributed by atoms with Gasteiger partial charge in [-0.2, -0.15) is 0 Å². The third-order valence-corrected chi connectivity index (χ3v) is 6.50. The van der Waals surface area contributed by atoms with E-state index in [1.807, 2.05) is 36.4 Å². The highest BCUT2D eigenvalue weighted by Crippen LogP contribution is 2.40. The van der Waals surface area contributed by atoms with E-state index in [0.717, 1.165) is 20.8 Å². The minimum atomic E-state index is -1.01. The Morgan fingerprint density at radius 2 is 1.79 bits per heavy atom. The van der Waals surface area contributed by atoms with E-state index in [1.54, 1.807) is 23.5 Å². The number of hydrogen-bond acceptors (Lipinski definition) is 5. The van der Waals surface area contributed by atoms with E-state index in [9.17, 15) is 14.7 Å². The van der Waals surface area contributed by atoms with Crippen LogP contribution in [0.5, 0.6) is 0 Å². The molecule has 3 aromatic rings. The predicted molar refractivity (Wildman–Crippen MR) is 111 cm³/mol. The van der Waals surface area contributed by atoms with Crippen LogP contribution in [-0.2, 0) is 14.3 Å². The second kappa shape index (κ2) is 6.79. The number of anilines is 1. The van der Waals surface area contributed by atoms with E-state index < -0.39 is 30.0 Å². The summed E-state index contributed by atoms with van der Waals surface area (Å²) < 4.78 is 6.71. The van der Waals surface area contributed by atoms with Gasteiger partial charge in [-0.3, -0.25) is 9.59 Å². The van der Waals surface area contributed by atoms with Gasteiger partial charge in [0, 0.05) is 11.3 Å². The lowest BCUT2D eigenvalue weighted by atomic mass is 9.82. The number of fused-ring (bicyclic) bond motifs is 3. The molecule has 29 heavy (non-hydrogen) atoms. The quantitative estimate of drug-likeness (QED) is 0.642. The Balaban J connectivity index is 1.34. The molecule has 0 aliphatic carbocycles. The molecule has 3 heterocycles. The number of carboxylic acids is 1. The number of carboxylic acid groups (broad SMARTS) is 1. The van der Waals surface area contributed by atoms with Crippen LogP contribution in [0.15, 0.2) is 54.6 Å². The van der Waals surface area contributed by atoms with Crippen LogP contribution in [0.4, 0.5) is 5.69 Å². The molecule has 7 heteroatoms. The van der Waals surface area contributed by atoms with Crippen molar-refractivity contribution in [2.75, 3.05) is 5.32 Å². The average molecular weight is 406 g/mol. The fourth-order valence-electron chi connectivity index (χ4n) is 3.99. The van der Waals surface area contributed by atoms with Crippen molar-refractivity contribution in [2.45, 2.75) is 19.1 Å². The van der Waals surface area contributed by atoms with Crippen LogP contribution in [0.3, 0.4) is 0 Å². The monoisotopic (exact) mass is 406 g/mol. The highest BCUT2D eigenvalue weighted by molar-refractivity contribution is 7.21. The number of nitrogens with one attached hydrogen (secondary N) is 1. The summed E-state index contributed by atoms with van der Waals surface area (Å²) in [5, 5.41) is 13.2. The second-order valence-electron chi connectivity index (χ2n) is 7.40. The zero-order chi connectivity index (χ0) is 20.1. The standard InChI is InChI=1S/C22H18N2O4S/c1-11-2-7-14-17(10-11)29-21(24-14)12-3-5-13(6-4-12)23-20(25)18-15-8-9-16(28-15)19(18)22(26)27/h2-10,15-16,18-19H,1H3,(H,23,25)(H,26,27)/t15-,16+,18+,19-/m0/s1. The smallest absolute Gasteiger partial charge is 0.310 e. The molecule has 2 aliphatic heterocycles. The fourth-order valence-corrected chi connectivity index (χ4v) is 5.06. The molecular weight excluding hydrogens is 388 g/mol. The third kappa shape index (κ3) is 3.12. The minimum Gasteiger partial charge on any atom is -0.481 e. The molecule has 146 valence electrons. The number of amides is 1. The van der Waals surface area contributed by atoms with Gasteiger partial charge in [-0.15, -0.1) is 11.3 Å². The maximum Gasteiger partial charge on any atom is 0.310 e. The Morgan fingerprint density at radius 1 is 1.07 bits per heavy atom. The molecule has 1 fully saturated rings. The van der Waals surface area contributed by atoms with E-state index in [-0.39, 0.29) is 5.91 Å². The van der Waals surface area contributed by atoms with Crippen LogP contribution >= 0.6 is 11.3 Å². The van der Waals surface area contributed by atoms with Gasteiger partial charge in [-0.1, -0.05) is 18.2 Å². The van der Waals surface area contributed by atoms with Crippen molar-refractivity contribution in [3.8, 4) is 10.6 Å². The van der Waals surface area contributed by atoms with Gasteiger partial charge in [0.05, 0.1) is 28.3 Å². The van der Waals surface area contributed by atoms with E-state index in [4.69, 9.17) is 4.74 Å². The number of rotatable bonds is 4. The zero-order valence-corrected chi connectivity index (χ0v) is 16.3. The molecule has 2 aliphatic rings. The molecule has 4 atom stereocenters. The number of aromatic nitrogens is 1. The van der Waals surface area contributed by atoms with Crippen LogP contribution in [0.1, 0.15) is 5.56 Å². The Labute approximate surface area is 170 Å². The Morgan fingerprint density at radius 3 is 2.52 bits per heavy atom. The molecule has 2 N–H and O–H groups in total. The molecule has 1 amide bonds. The molecule has 0 unspecified atom stereocenters. The van der Waals surface area contributed by atoms with Crippen molar-refractivity contribution in [1.29, 1.82) is 0 Å². The van der Waals surface area contributed by atoms with Crippen molar-refractivity contribution in [2.24, 2.45) is 11.8 Å². The summed E-state index contributed by atoms with van der Waals surface area (Å²) in [5.41, 5.74) is 3.75. The van der Waals surface area contributed by atoms with Gasteiger partial charge in [0.25, 0.3) is 0 Å². The van der Waals surface area contributed by atoms with Crippen LogP contribution < -0.4 is 5.32 Å². The highest BCUT2D eigenvalue weighted by atomic mass is 32.1. The maximum absolute atomic E-state index is 12.7. The summed E-state index contributed by atoms with van der Waals surface area (Å²) in [6, 6.07) is 13.6. The lowest BCUT2D eigenvalue weighted by Gasteiger charge is -2.21. The first kappa shape index (κ1) is 18.0. The molecule has 6 nitrogen and oxygen atoms in total. The topological polar surface area (TPSA) is 88.5 Å². The lowest BCUT2D eigenvalue weighted by molar-refractivity contribution is -0.145. The molecule has 0 radical (unpaired) electrons. The van der Waals surface area contributed by atoms with Crippen LogP contribution in [0.2, 0.25) is 0 Å². The molecule has 0 saturated carbocycles. The van der Waals surface area contributed by atoms with Gasteiger partial charge in [-0.05, 0) is 48.9 Å². The maximum atomic E-state index is 12.7. The van der Waals surface area contributed by atoms with Crippen LogP contribution in [-0.4, -0.2) is 34.2 Å². The lowest BCUT2D eigenvalue weighted by Crippen LogP contribution is -2.39. The molecule has 1 aromatic heterocycles. The van der Waals surface area contributed by atoms with E-state index in [1.165, 1.54) is 5.56 Å². The number of thiazole rings is 1. The normalized spacial score (nSPS) is 24.9. The summed E-state index contributed by atoms with van der Waals surface area (Å²) in [4.78, 5) is 29.0. The number of nitrogens with zero attached hydrogens (tertiary/aromatic N) is 1. The van der Waals surface area contributed by atoms with Crippen LogP contribution in [0.25, 0.3) is 20.8 Å². The van der Waals surface area contributed by atoms with Crippen molar-refractivity contribution < 1.29 is 19.4 Å². The molecular formula is C22H18N2O4S. The van der Waals surface area contributed by atoms with E-state index in [2.05, 4.69) is 23.3 Å². The van der Waals surface area contributed by atoms with Gasteiger partial charge >= 0.3 is 5.97 Å². The number of carbonyl (C=O) groups excluding carboxylic acids is 1. The summed E-state index contributed by atoms with van der Waals surface area (Å²) in [5.74, 6) is -2.92. The predicted octanol–water partition coefficient (Wildman–Crippen LogP) is 3.86. The second-order valence-corrected chi connectivity index (χ2v) is 8.43. The fraction of sp³-hybridized carbons (Fsp3) is 0.227. The summed E-state index contributed by atoms with van der Waals surface area (Å²) in [6.45, 7) is 2.06. The van der Waals surface area contributed by atoms with Crippen molar-refractivity contribution in [3.05, 3.63) is 60.2 Å². The Bertz CT molecular complexity index is 1150. The molecule has 2 aromatic carbocycles. The summed E-state index contributed by atoms with van der Waals surface area (Å²) >= 11 is 1.63. The van der Waals surface area contributed by atoms with Gasteiger partial charge in [0.15, 0.2) is 0 Å². The number of benzene rings is 2. The number of ether oxygens (including phenoxy) is 1. The number of hydrogen-bond donors (Lipinski definition) is 2. The highest BCUT2D eigenvalue weighted by Gasteiger charge is 2.53. The minimum absolute atomic E-state index is 0.336. The summed E-state index contributed by atoms with van der Waals surface area (Å²) in [6.07, 6.45) is 2.48. The number of carbonyl (C=O) groups is 2. The van der Waals surface area contributed by atoms with Gasteiger partial charge < -0.3 is 15.2 Å². The van der Waals surface area contributed by atoms with E-state index in [0.29, 0.717) is 5.69 Å². The average Bonchev–Trinajstić information content (AvgIpc) is 3.42. The third-order valence-electron chi connectivity index (χ3n) is 5.43. The number of aryl methyl sites for hydroxylation is 1. The Kier molecular flexibility index (Phi) is 4.22. The first-order valence-corrected chi connectivity index (χ1v) is 10.2. The van der Waals surface area contributed by atoms with E-state index >= 15 is 0 Å². The molecule has 0 spiro atoms. The van der Waals surface area contributed by atoms with Crippen LogP contribution in [0, 0.1) is 18.8 Å². The summed E-state index contributed by atoms with van der Waals surface area (Å²) in [7, 11) is 0. The van der Waals surface area contributed by atoms with Gasteiger partial charge in [0.2, 0.25) is 5.91 Å². The number of aliphatic carboxylic acids is 1. The molecule has 2 bridgehead atoms. The Hall–Kier alpha value is -3.03. The molecule has 1 saturated heterocycles. The first-order chi connectivity index (χ1) is 14.0. The zero-order valence-electron chi connectivity index (χ0n) is 15.5. The first-order valence-electron chi connectivity index (χ1n) is 9.35.